The van der Waals surface area contributed by atoms with Gasteiger partial charge in [-0.3, -0.25) is 4.28 Å². The van der Waals surface area contributed by atoms with E-state index in [-0.39, 0.29) is 4.90 Å². The molecule has 18 heavy (non-hydrogen) atoms. The summed E-state index contributed by atoms with van der Waals surface area (Å²) >= 11 is 0. The zero-order chi connectivity index (χ0) is 13.0. The average molecular weight is 265 g/mol. The predicted molar refractivity (Wildman–Crippen MR) is 65.5 cm³/mol. The minimum absolute atomic E-state index is 0.0574. The van der Waals surface area contributed by atoms with Gasteiger partial charge in [-0.25, -0.2) is 4.98 Å². The Bertz CT molecular complexity index is 647. The summed E-state index contributed by atoms with van der Waals surface area (Å²) in [6.07, 6.45) is 4.53. The van der Waals surface area contributed by atoms with E-state index in [1.165, 1.54) is 18.3 Å². The Labute approximate surface area is 105 Å². The third-order valence-electron chi connectivity index (χ3n) is 2.20. The number of benzene rings is 1. The van der Waals surface area contributed by atoms with Gasteiger partial charge in [0, 0.05) is 19.4 Å². The topological polar surface area (TPSA) is 73.5 Å². The molecule has 2 rings (SSSR count). The van der Waals surface area contributed by atoms with Crippen LogP contribution in [0.5, 0.6) is 0 Å². The van der Waals surface area contributed by atoms with Crippen molar-refractivity contribution < 1.29 is 12.7 Å². The number of rotatable bonds is 4. The molecule has 94 valence electrons. The van der Waals surface area contributed by atoms with Crippen LogP contribution >= 0.6 is 0 Å². The predicted octanol–water partition coefficient (Wildman–Crippen LogP) is 1.16. The summed E-state index contributed by atoms with van der Waals surface area (Å²) in [4.78, 5) is 4.00. The van der Waals surface area contributed by atoms with Gasteiger partial charge in [-0.15, -0.1) is 0 Å². The molecule has 7 heteroatoms. The van der Waals surface area contributed by atoms with Gasteiger partial charge < -0.3 is 4.57 Å². The number of oxime groups is 1. The summed E-state index contributed by atoms with van der Waals surface area (Å²) in [6.45, 7) is 0. The van der Waals surface area contributed by atoms with E-state index in [0.717, 1.165) is 0 Å². The Kier molecular flexibility index (Phi) is 3.42. The number of hydrogen-bond acceptors (Lipinski definition) is 5. The minimum Gasteiger partial charge on any atom is -0.333 e. The molecule has 0 aliphatic rings. The first-order chi connectivity index (χ1) is 8.59. The van der Waals surface area contributed by atoms with Crippen molar-refractivity contribution in [2.24, 2.45) is 12.2 Å². The molecule has 0 unspecified atom stereocenters. The first-order valence-electron chi connectivity index (χ1n) is 5.09. The Balaban J connectivity index is 2.11. The molecule has 0 fully saturated rings. The van der Waals surface area contributed by atoms with Crippen molar-refractivity contribution in [3.8, 4) is 0 Å². The molecule has 0 amide bonds. The normalized spacial score (nSPS) is 11.8. The quantitative estimate of drug-likeness (QED) is 0.614. The maximum Gasteiger partial charge on any atom is 0.358 e. The second-order valence-electron chi connectivity index (χ2n) is 3.47. The van der Waals surface area contributed by atoms with Crippen molar-refractivity contribution >= 4 is 16.3 Å². The Morgan fingerprint density at radius 1 is 1.33 bits per heavy atom. The van der Waals surface area contributed by atoms with Crippen molar-refractivity contribution in [3.05, 3.63) is 48.5 Å². The van der Waals surface area contributed by atoms with Crippen LogP contribution in [0.25, 0.3) is 0 Å². The molecule has 0 bridgehead atoms. The zero-order valence-corrected chi connectivity index (χ0v) is 10.4. The number of imidazole rings is 1. The van der Waals surface area contributed by atoms with Crippen LogP contribution in [-0.4, -0.2) is 24.2 Å². The van der Waals surface area contributed by atoms with Gasteiger partial charge in [0.05, 0.1) is 0 Å². The second kappa shape index (κ2) is 5.01. The highest BCUT2D eigenvalue weighted by atomic mass is 32.2. The van der Waals surface area contributed by atoms with Gasteiger partial charge >= 0.3 is 10.1 Å². The van der Waals surface area contributed by atoms with Crippen molar-refractivity contribution in [2.75, 3.05) is 0 Å². The summed E-state index contributed by atoms with van der Waals surface area (Å²) in [5.74, 6) is 0.498. The van der Waals surface area contributed by atoms with Crippen LogP contribution in [0.2, 0.25) is 0 Å². The lowest BCUT2D eigenvalue weighted by Crippen LogP contribution is -2.03. The van der Waals surface area contributed by atoms with Gasteiger partial charge in [0.1, 0.15) is 11.1 Å². The molecule has 0 aliphatic heterocycles. The molecular formula is C11H11N3O3S. The van der Waals surface area contributed by atoms with E-state index in [1.54, 1.807) is 42.2 Å². The van der Waals surface area contributed by atoms with Crippen LogP contribution in [0.3, 0.4) is 0 Å². The molecule has 0 spiro atoms. The van der Waals surface area contributed by atoms with Gasteiger partial charge in [0.25, 0.3) is 0 Å². The van der Waals surface area contributed by atoms with E-state index in [1.807, 2.05) is 0 Å². The summed E-state index contributed by atoms with van der Waals surface area (Å²) in [6, 6.07) is 7.81. The summed E-state index contributed by atoms with van der Waals surface area (Å²) in [5, 5.41) is 3.43. The fourth-order valence-corrected chi connectivity index (χ4v) is 1.99. The zero-order valence-electron chi connectivity index (χ0n) is 9.59. The number of aromatic nitrogens is 2. The highest BCUT2D eigenvalue weighted by Gasteiger charge is 2.14. The molecule has 0 radical (unpaired) electrons. The molecule has 0 aliphatic carbocycles. The maximum atomic E-state index is 11.7. The molecule has 1 aromatic heterocycles. The van der Waals surface area contributed by atoms with Crippen LogP contribution in [-0.2, 0) is 21.4 Å². The van der Waals surface area contributed by atoms with E-state index >= 15 is 0 Å². The average Bonchev–Trinajstić information content (AvgIpc) is 2.76. The van der Waals surface area contributed by atoms with Gasteiger partial charge in [-0.1, -0.05) is 23.4 Å². The molecule has 2 aromatic rings. The highest BCUT2D eigenvalue weighted by Crippen LogP contribution is 2.11. The van der Waals surface area contributed by atoms with Gasteiger partial charge in [-0.2, -0.15) is 8.42 Å². The van der Waals surface area contributed by atoms with Crippen LogP contribution in [0.15, 0.2) is 52.8 Å². The van der Waals surface area contributed by atoms with E-state index in [0.29, 0.717) is 5.82 Å². The van der Waals surface area contributed by atoms with Crippen LogP contribution in [0.4, 0.5) is 0 Å². The third-order valence-corrected chi connectivity index (χ3v) is 3.33. The van der Waals surface area contributed by atoms with Crippen LogP contribution in [0, 0.1) is 0 Å². The smallest absolute Gasteiger partial charge is 0.333 e. The van der Waals surface area contributed by atoms with Crippen molar-refractivity contribution in [1.29, 1.82) is 0 Å². The Morgan fingerprint density at radius 2 is 2.06 bits per heavy atom. The van der Waals surface area contributed by atoms with Crippen molar-refractivity contribution in [1.82, 2.24) is 9.55 Å². The molecule has 0 saturated heterocycles. The van der Waals surface area contributed by atoms with Crippen LogP contribution in [0.1, 0.15) is 5.82 Å². The number of nitrogens with zero attached hydrogens (tertiary/aromatic N) is 3. The SMILES string of the molecule is Cn1ccnc1C=NOS(=O)(=O)c1ccccc1. The number of aryl methyl sites for hydroxylation is 1. The molecule has 6 nitrogen and oxygen atoms in total. The molecule has 0 atom stereocenters. The van der Waals surface area contributed by atoms with Crippen LogP contribution < -0.4 is 0 Å². The van der Waals surface area contributed by atoms with Gasteiger partial charge in [-0.05, 0) is 12.1 Å². The van der Waals surface area contributed by atoms with Crippen molar-refractivity contribution in [3.63, 3.8) is 0 Å². The Hall–Kier alpha value is -2.15. The summed E-state index contributed by atoms with van der Waals surface area (Å²) < 4.78 is 29.6. The monoisotopic (exact) mass is 265 g/mol. The molecule has 0 N–H and O–H groups in total. The van der Waals surface area contributed by atoms with Gasteiger partial charge in [0.15, 0.2) is 5.82 Å². The van der Waals surface area contributed by atoms with E-state index in [2.05, 4.69) is 14.4 Å². The van der Waals surface area contributed by atoms with Gasteiger partial charge in [0.2, 0.25) is 0 Å². The second-order valence-corrected chi connectivity index (χ2v) is 5.00. The lowest BCUT2D eigenvalue weighted by Gasteiger charge is -2.00. The molecule has 0 saturated carbocycles. The lowest BCUT2D eigenvalue weighted by atomic mass is 10.4. The maximum absolute atomic E-state index is 11.7. The summed E-state index contributed by atoms with van der Waals surface area (Å²) in [7, 11) is -2.10. The Morgan fingerprint density at radius 3 is 2.67 bits per heavy atom. The fourth-order valence-electron chi connectivity index (χ4n) is 1.26. The minimum atomic E-state index is -3.86. The lowest BCUT2D eigenvalue weighted by molar-refractivity contribution is 0.340. The number of hydrogen-bond donors (Lipinski definition) is 0. The van der Waals surface area contributed by atoms with Crippen molar-refractivity contribution in [2.45, 2.75) is 4.90 Å². The largest absolute Gasteiger partial charge is 0.358 e. The van der Waals surface area contributed by atoms with E-state index < -0.39 is 10.1 Å². The molecule has 1 heterocycles. The molecule has 1 aromatic carbocycles. The first kappa shape index (κ1) is 12.3. The molecular weight excluding hydrogens is 254 g/mol. The van der Waals surface area contributed by atoms with E-state index in [4.69, 9.17) is 0 Å². The summed E-state index contributed by atoms with van der Waals surface area (Å²) in [5.41, 5.74) is 0. The van der Waals surface area contributed by atoms with E-state index in [9.17, 15) is 8.42 Å². The third kappa shape index (κ3) is 2.75. The first-order valence-corrected chi connectivity index (χ1v) is 6.50. The standard InChI is InChI=1S/C11H11N3O3S/c1-14-8-7-12-11(14)9-13-17-18(15,16)10-5-3-2-4-6-10/h2-9H,1H3. The highest BCUT2D eigenvalue weighted by molar-refractivity contribution is 7.86. The fraction of sp³-hybridized carbons (Fsp3) is 0.0909.